The molecule has 0 bridgehead atoms. The highest BCUT2D eigenvalue weighted by molar-refractivity contribution is 6.34. The van der Waals surface area contributed by atoms with Crippen LogP contribution >= 0.6 is 11.6 Å². The number of amides is 2. The fourth-order valence-corrected chi connectivity index (χ4v) is 1.98. The van der Waals surface area contributed by atoms with Gasteiger partial charge in [-0.3, -0.25) is 5.10 Å². The third-order valence-electron chi connectivity index (χ3n) is 2.83. The summed E-state index contributed by atoms with van der Waals surface area (Å²) in [7, 11) is 0. The van der Waals surface area contributed by atoms with Crippen molar-refractivity contribution in [2.45, 2.75) is 13.8 Å². The van der Waals surface area contributed by atoms with E-state index in [1.165, 1.54) is 18.2 Å². The lowest BCUT2D eigenvalue weighted by Gasteiger charge is -2.09. The van der Waals surface area contributed by atoms with Crippen LogP contribution in [0.3, 0.4) is 0 Å². The summed E-state index contributed by atoms with van der Waals surface area (Å²) in [6.45, 7) is 3.54. The van der Waals surface area contributed by atoms with Gasteiger partial charge >= 0.3 is 12.0 Å². The third-order valence-corrected chi connectivity index (χ3v) is 3.14. The number of rotatable bonds is 3. The van der Waals surface area contributed by atoms with Crippen molar-refractivity contribution in [3.8, 4) is 0 Å². The summed E-state index contributed by atoms with van der Waals surface area (Å²) < 4.78 is 0. The average molecular weight is 309 g/mol. The second-order valence-electron chi connectivity index (χ2n) is 4.39. The predicted molar refractivity (Wildman–Crippen MR) is 79.1 cm³/mol. The Morgan fingerprint density at radius 1 is 1.29 bits per heavy atom. The van der Waals surface area contributed by atoms with Crippen LogP contribution in [0.2, 0.25) is 5.02 Å². The van der Waals surface area contributed by atoms with Crippen LogP contribution < -0.4 is 10.6 Å². The lowest BCUT2D eigenvalue weighted by molar-refractivity contribution is 0.0697. The van der Waals surface area contributed by atoms with E-state index in [9.17, 15) is 9.59 Å². The van der Waals surface area contributed by atoms with E-state index in [1.807, 2.05) is 0 Å². The zero-order valence-electron chi connectivity index (χ0n) is 11.3. The fraction of sp³-hybridized carbons (Fsp3) is 0.154. The minimum absolute atomic E-state index is 0.0486. The lowest BCUT2D eigenvalue weighted by atomic mass is 10.2. The number of carbonyl (C=O) groups excluding carboxylic acids is 1. The third kappa shape index (κ3) is 3.32. The van der Waals surface area contributed by atoms with Gasteiger partial charge in [-0.05, 0) is 32.0 Å². The number of carboxylic acids is 1. The summed E-state index contributed by atoms with van der Waals surface area (Å²) in [5.74, 6) is -1.09. The molecule has 2 aromatic rings. The molecule has 7 nitrogen and oxygen atoms in total. The Labute approximate surface area is 125 Å². The first kappa shape index (κ1) is 14.9. The van der Waals surface area contributed by atoms with Crippen LogP contribution in [0.25, 0.3) is 0 Å². The first-order chi connectivity index (χ1) is 9.88. The number of hydrogen-bond donors (Lipinski definition) is 4. The number of aromatic carboxylic acids is 1. The first-order valence-corrected chi connectivity index (χ1v) is 6.38. The van der Waals surface area contributed by atoms with Crippen molar-refractivity contribution in [3.05, 3.63) is 40.2 Å². The van der Waals surface area contributed by atoms with E-state index in [0.29, 0.717) is 17.1 Å². The molecule has 1 aromatic carbocycles. The van der Waals surface area contributed by atoms with E-state index in [4.69, 9.17) is 16.7 Å². The van der Waals surface area contributed by atoms with Crippen LogP contribution in [0.15, 0.2) is 18.2 Å². The van der Waals surface area contributed by atoms with Gasteiger partial charge in [0.25, 0.3) is 0 Å². The Morgan fingerprint density at radius 2 is 2.00 bits per heavy atom. The van der Waals surface area contributed by atoms with Crippen molar-refractivity contribution in [2.75, 3.05) is 10.6 Å². The summed E-state index contributed by atoms with van der Waals surface area (Å²) in [5.41, 5.74) is 2.35. The van der Waals surface area contributed by atoms with Gasteiger partial charge in [-0.15, -0.1) is 0 Å². The molecule has 8 heteroatoms. The van der Waals surface area contributed by atoms with Crippen LogP contribution in [-0.2, 0) is 0 Å². The van der Waals surface area contributed by atoms with Crippen LogP contribution in [0.4, 0.5) is 16.2 Å². The number of hydrogen-bond acceptors (Lipinski definition) is 3. The second-order valence-corrected chi connectivity index (χ2v) is 4.80. The predicted octanol–water partition coefficient (Wildman–Crippen LogP) is 3.02. The molecule has 1 heterocycles. The summed E-state index contributed by atoms with van der Waals surface area (Å²) in [4.78, 5) is 22.7. The first-order valence-electron chi connectivity index (χ1n) is 6.01. The van der Waals surface area contributed by atoms with Gasteiger partial charge in [0, 0.05) is 0 Å². The molecule has 0 radical (unpaired) electrons. The molecule has 0 spiro atoms. The largest absolute Gasteiger partial charge is 0.478 e. The van der Waals surface area contributed by atoms with Gasteiger partial charge in [0.2, 0.25) is 0 Å². The van der Waals surface area contributed by atoms with Crippen molar-refractivity contribution in [1.29, 1.82) is 0 Å². The number of benzene rings is 1. The summed E-state index contributed by atoms with van der Waals surface area (Å²) >= 11 is 5.94. The maximum Gasteiger partial charge on any atom is 0.335 e. The Morgan fingerprint density at radius 3 is 2.52 bits per heavy atom. The zero-order chi connectivity index (χ0) is 15.6. The smallest absolute Gasteiger partial charge is 0.335 e. The van der Waals surface area contributed by atoms with E-state index in [-0.39, 0.29) is 10.6 Å². The molecule has 1 aromatic heterocycles. The monoisotopic (exact) mass is 308 g/mol. The molecular weight excluding hydrogens is 296 g/mol. The van der Waals surface area contributed by atoms with Gasteiger partial charge in [-0.2, -0.15) is 5.10 Å². The zero-order valence-corrected chi connectivity index (χ0v) is 12.1. The highest BCUT2D eigenvalue weighted by atomic mass is 35.5. The Balaban J connectivity index is 2.11. The number of nitrogens with zero attached hydrogens (tertiary/aromatic N) is 1. The SMILES string of the molecule is Cc1n[nH]c(C)c1NC(=O)Nc1ccc(C(=O)O)cc1Cl. The standard InChI is InChI=1S/C13H13ClN4O3/c1-6-11(7(2)18-17-6)16-13(21)15-10-4-3-8(12(19)20)5-9(10)14/h3-5H,1-2H3,(H,17,18)(H,19,20)(H2,15,16,21). The van der Waals surface area contributed by atoms with E-state index in [0.717, 1.165) is 5.69 Å². The van der Waals surface area contributed by atoms with E-state index >= 15 is 0 Å². The van der Waals surface area contributed by atoms with Gasteiger partial charge < -0.3 is 15.7 Å². The topological polar surface area (TPSA) is 107 Å². The minimum Gasteiger partial charge on any atom is -0.478 e. The molecule has 0 aliphatic heterocycles. The van der Waals surface area contributed by atoms with Gasteiger partial charge in [-0.25, -0.2) is 9.59 Å². The van der Waals surface area contributed by atoms with Gasteiger partial charge in [-0.1, -0.05) is 11.6 Å². The number of anilines is 2. The lowest BCUT2D eigenvalue weighted by Crippen LogP contribution is -2.20. The maximum absolute atomic E-state index is 11.9. The van der Waals surface area contributed by atoms with Crippen molar-refractivity contribution < 1.29 is 14.7 Å². The second kappa shape index (κ2) is 5.84. The van der Waals surface area contributed by atoms with Crippen LogP contribution in [0.5, 0.6) is 0 Å². The molecule has 0 aliphatic rings. The van der Waals surface area contributed by atoms with E-state index in [1.54, 1.807) is 13.8 Å². The number of aromatic nitrogens is 2. The molecule has 0 saturated heterocycles. The molecule has 4 N–H and O–H groups in total. The van der Waals surface area contributed by atoms with E-state index < -0.39 is 12.0 Å². The van der Waals surface area contributed by atoms with Crippen molar-refractivity contribution in [1.82, 2.24) is 10.2 Å². The Hall–Kier alpha value is -2.54. The average Bonchev–Trinajstić information content (AvgIpc) is 2.72. The van der Waals surface area contributed by atoms with Gasteiger partial charge in [0.05, 0.1) is 33.3 Å². The Kier molecular flexibility index (Phi) is 4.13. The van der Waals surface area contributed by atoms with Crippen LogP contribution in [0.1, 0.15) is 21.7 Å². The maximum atomic E-state index is 11.9. The molecule has 2 rings (SSSR count). The quantitative estimate of drug-likeness (QED) is 0.699. The Bertz CT molecular complexity index is 692. The van der Waals surface area contributed by atoms with Crippen molar-refractivity contribution in [3.63, 3.8) is 0 Å². The number of halogens is 1. The molecule has 0 fully saturated rings. The number of urea groups is 1. The molecule has 0 atom stereocenters. The molecule has 0 unspecified atom stereocenters. The highest BCUT2D eigenvalue weighted by Crippen LogP contribution is 2.24. The number of carboxylic acid groups (broad SMARTS) is 1. The summed E-state index contributed by atoms with van der Waals surface area (Å²) in [6, 6.07) is 3.57. The molecule has 0 saturated carbocycles. The molecule has 21 heavy (non-hydrogen) atoms. The number of carbonyl (C=O) groups is 2. The number of aromatic amines is 1. The van der Waals surface area contributed by atoms with Crippen LogP contribution in [-0.4, -0.2) is 27.3 Å². The van der Waals surface area contributed by atoms with Gasteiger partial charge in [0.1, 0.15) is 0 Å². The summed E-state index contributed by atoms with van der Waals surface area (Å²) in [6.07, 6.45) is 0. The minimum atomic E-state index is -1.09. The van der Waals surface area contributed by atoms with Crippen LogP contribution in [0, 0.1) is 13.8 Å². The molecule has 0 aliphatic carbocycles. The number of aryl methyl sites for hydroxylation is 2. The number of H-pyrrole nitrogens is 1. The molecule has 2 amide bonds. The van der Waals surface area contributed by atoms with E-state index in [2.05, 4.69) is 20.8 Å². The summed E-state index contributed by atoms with van der Waals surface area (Å²) in [5, 5.41) is 20.9. The molecule has 110 valence electrons. The highest BCUT2D eigenvalue weighted by Gasteiger charge is 2.12. The van der Waals surface area contributed by atoms with Crippen molar-refractivity contribution in [2.24, 2.45) is 0 Å². The fourth-order valence-electron chi connectivity index (χ4n) is 1.75. The molecular formula is C13H13ClN4O3. The number of nitrogens with one attached hydrogen (secondary N) is 3. The van der Waals surface area contributed by atoms with Gasteiger partial charge in [0.15, 0.2) is 0 Å². The normalized spacial score (nSPS) is 10.2. The van der Waals surface area contributed by atoms with Crippen molar-refractivity contribution >= 4 is 35.0 Å².